The van der Waals surface area contributed by atoms with Crippen molar-refractivity contribution in [3.05, 3.63) is 53.1 Å². The number of nitrogens with one attached hydrogen (secondary N) is 1. The van der Waals surface area contributed by atoms with Crippen LogP contribution in [0.5, 0.6) is 5.75 Å². The van der Waals surface area contributed by atoms with Crippen molar-refractivity contribution in [2.24, 2.45) is 0 Å². The normalized spacial score (nSPS) is 10.2. The molecule has 0 radical (unpaired) electrons. The molecule has 0 fully saturated rings. The minimum Gasteiger partial charge on any atom is -0.506 e. The van der Waals surface area contributed by atoms with Crippen LogP contribution in [0.2, 0.25) is 5.02 Å². The van der Waals surface area contributed by atoms with Crippen molar-refractivity contribution in [3.63, 3.8) is 0 Å². The number of pyridine rings is 1. The summed E-state index contributed by atoms with van der Waals surface area (Å²) >= 11 is 5.57. The van der Waals surface area contributed by atoms with Gasteiger partial charge in [0.1, 0.15) is 11.6 Å². The van der Waals surface area contributed by atoms with E-state index in [9.17, 15) is 4.39 Å². The van der Waals surface area contributed by atoms with Crippen molar-refractivity contribution in [3.8, 4) is 5.75 Å². The first-order valence-electron chi connectivity index (χ1n) is 4.98. The highest BCUT2D eigenvalue weighted by atomic mass is 35.5. The Balaban J connectivity index is 2.02. The number of nitrogens with zero attached hydrogens (tertiary/aromatic N) is 1. The third kappa shape index (κ3) is 3.07. The van der Waals surface area contributed by atoms with Gasteiger partial charge in [-0.1, -0.05) is 11.6 Å². The monoisotopic (exact) mass is 252 g/mol. The smallest absolute Gasteiger partial charge is 0.143 e. The van der Waals surface area contributed by atoms with Gasteiger partial charge in [0.05, 0.1) is 23.5 Å². The molecule has 0 saturated heterocycles. The second-order valence-corrected chi connectivity index (χ2v) is 3.90. The molecule has 5 heteroatoms. The largest absolute Gasteiger partial charge is 0.506 e. The fourth-order valence-electron chi connectivity index (χ4n) is 1.32. The van der Waals surface area contributed by atoms with Crippen molar-refractivity contribution in [2.75, 3.05) is 5.32 Å². The summed E-state index contributed by atoms with van der Waals surface area (Å²) in [5.74, 6) is -0.346. The Hall–Kier alpha value is -1.81. The molecule has 2 aromatic rings. The molecule has 0 unspecified atom stereocenters. The number of hydrogen-bond donors (Lipinski definition) is 2. The predicted octanol–water partition coefficient (Wildman–Crippen LogP) is 3.19. The molecule has 0 aliphatic rings. The maximum atomic E-state index is 13.1. The zero-order valence-corrected chi connectivity index (χ0v) is 9.58. The van der Waals surface area contributed by atoms with Crippen molar-refractivity contribution in [2.45, 2.75) is 6.54 Å². The van der Waals surface area contributed by atoms with Gasteiger partial charge in [0.25, 0.3) is 0 Å². The van der Waals surface area contributed by atoms with Gasteiger partial charge in [0.2, 0.25) is 0 Å². The fourth-order valence-corrected chi connectivity index (χ4v) is 1.44. The van der Waals surface area contributed by atoms with Crippen molar-refractivity contribution >= 4 is 17.3 Å². The number of aromatic nitrogens is 1. The standard InChI is InChI=1S/C12H10ClFN2O/c13-11-4-2-8(5-12(11)14)15-6-9-1-3-10(17)7-16-9/h1-5,7,15,17H,6H2. The topological polar surface area (TPSA) is 45.1 Å². The molecule has 88 valence electrons. The fraction of sp³-hybridized carbons (Fsp3) is 0.0833. The van der Waals surface area contributed by atoms with E-state index in [2.05, 4.69) is 10.3 Å². The van der Waals surface area contributed by atoms with Crippen LogP contribution in [-0.2, 0) is 6.54 Å². The molecule has 1 aromatic heterocycles. The van der Waals surface area contributed by atoms with E-state index in [0.717, 1.165) is 5.69 Å². The van der Waals surface area contributed by atoms with Crippen molar-refractivity contribution in [1.29, 1.82) is 0 Å². The van der Waals surface area contributed by atoms with Gasteiger partial charge >= 0.3 is 0 Å². The summed E-state index contributed by atoms with van der Waals surface area (Å²) in [7, 11) is 0. The summed E-state index contributed by atoms with van der Waals surface area (Å²) in [6, 6.07) is 7.74. The highest BCUT2D eigenvalue weighted by Gasteiger charge is 2.01. The summed E-state index contributed by atoms with van der Waals surface area (Å²) in [6.07, 6.45) is 1.36. The van der Waals surface area contributed by atoms with E-state index in [-0.39, 0.29) is 10.8 Å². The highest BCUT2D eigenvalue weighted by Crippen LogP contribution is 2.19. The van der Waals surface area contributed by atoms with Crippen molar-refractivity contribution < 1.29 is 9.50 Å². The number of anilines is 1. The number of aromatic hydroxyl groups is 1. The zero-order chi connectivity index (χ0) is 12.3. The van der Waals surface area contributed by atoms with Gasteiger partial charge in [-0.3, -0.25) is 4.98 Å². The number of rotatable bonds is 3. The molecular formula is C12H10ClFN2O. The van der Waals surface area contributed by atoms with Crippen molar-refractivity contribution in [1.82, 2.24) is 4.98 Å². The van der Waals surface area contributed by atoms with Crippen LogP contribution >= 0.6 is 11.6 Å². The third-order valence-corrected chi connectivity index (χ3v) is 2.51. The molecule has 0 atom stereocenters. The van der Waals surface area contributed by atoms with Gasteiger partial charge in [-0.15, -0.1) is 0 Å². The summed E-state index contributed by atoms with van der Waals surface area (Å²) in [5.41, 5.74) is 1.37. The molecule has 3 nitrogen and oxygen atoms in total. The molecule has 0 amide bonds. The van der Waals surface area contributed by atoms with Gasteiger partial charge in [-0.05, 0) is 30.3 Å². The molecule has 1 heterocycles. The number of halogens is 2. The van der Waals surface area contributed by atoms with E-state index < -0.39 is 5.82 Å². The Morgan fingerprint density at radius 3 is 2.76 bits per heavy atom. The first kappa shape index (κ1) is 11.7. The van der Waals surface area contributed by atoms with E-state index in [0.29, 0.717) is 12.2 Å². The van der Waals surface area contributed by atoms with Crippen LogP contribution in [0.15, 0.2) is 36.5 Å². The van der Waals surface area contributed by atoms with E-state index >= 15 is 0 Å². The average molecular weight is 253 g/mol. The Morgan fingerprint density at radius 1 is 1.29 bits per heavy atom. The Labute approximate surface area is 103 Å². The molecular weight excluding hydrogens is 243 g/mol. The van der Waals surface area contributed by atoms with Crippen LogP contribution in [0.25, 0.3) is 0 Å². The van der Waals surface area contributed by atoms with Crippen LogP contribution < -0.4 is 5.32 Å². The van der Waals surface area contributed by atoms with Gasteiger partial charge < -0.3 is 10.4 Å². The molecule has 1 aromatic carbocycles. The lowest BCUT2D eigenvalue weighted by Gasteiger charge is -2.06. The summed E-state index contributed by atoms with van der Waals surface area (Å²) in [6.45, 7) is 0.446. The average Bonchev–Trinajstić information content (AvgIpc) is 2.33. The minimum absolute atomic E-state index is 0.0957. The van der Waals surface area contributed by atoms with Gasteiger partial charge in [0, 0.05) is 5.69 Å². The molecule has 2 N–H and O–H groups in total. The van der Waals surface area contributed by atoms with E-state index in [4.69, 9.17) is 16.7 Å². The van der Waals surface area contributed by atoms with Crippen LogP contribution in [0.4, 0.5) is 10.1 Å². The molecule has 0 aliphatic heterocycles. The molecule has 17 heavy (non-hydrogen) atoms. The first-order chi connectivity index (χ1) is 8.15. The van der Waals surface area contributed by atoms with Crippen LogP contribution in [0, 0.1) is 5.82 Å². The molecule has 0 saturated carbocycles. The first-order valence-corrected chi connectivity index (χ1v) is 5.36. The summed E-state index contributed by atoms with van der Waals surface area (Å²) in [5, 5.41) is 12.2. The number of hydrogen-bond acceptors (Lipinski definition) is 3. The predicted molar refractivity (Wildman–Crippen MR) is 64.6 cm³/mol. The zero-order valence-electron chi connectivity index (χ0n) is 8.82. The second-order valence-electron chi connectivity index (χ2n) is 3.49. The van der Waals surface area contributed by atoms with Gasteiger partial charge in [-0.2, -0.15) is 0 Å². The second kappa shape index (κ2) is 5.01. The molecule has 0 bridgehead atoms. The molecule has 0 spiro atoms. The Bertz CT molecular complexity index is 516. The van der Waals surface area contributed by atoms with E-state index in [1.54, 1.807) is 18.2 Å². The van der Waals surface area contributed by atoms with Crippen LogP contribution in [0.3, 0.4) is 0 Å². The quantitative estimate of drug-likeness (QED) is 0.882. The highest BCUT2D eigenvalue weighted by molar-refractivity contribution is 6.30. The van der Waals surface area contributed by atoms with Gasteiger partial charge in [-0.25, -0.2) is 4.39 Å². The number of benzene rings is 1. The molecule has 2 rings (SSSR count). The van der Waals surface area contributed by atoms with Crippen LogP contribution in [-0.4, -0.2) is 10.1 Å². The lowest BCUT2D eigenvalue weighted by atomic mass is 10.3. The Morgan fingerprint density at radius 2 is 2.12 bits per heavy atom. The summed E-state index contributed by atoms with van der Waals surface area (Å²) < 4.78 is 13.1. The maximum absolute atomic E-state index is 13.1. The SMILES string of the molecule is Oc1ccc(CNc2ccc(Cl)c(F)c2)nc1. The third-order valence-electron chi connectivity index (χ3n) is 2.20. The lowest BCUT2D eigenvalue weighted by Crippen LogP contribution is -2.01. The Kier molecular flexibility index (Phi) is 3.44. The van der Waals surface area contributed by atoms with Gasteiger partial charge in [0.15, 0.2) is 0 Å². The lowest BCUT2D eigenvalue weighted by molar-refractivity contribution is 0.472. The van der Waals surface area contributed by atoms with E-state index in [1.807, 2.05) is 0 Å². The summed E-state index contributed by atoms with van der Waals surface area (Å²) in [4.78, 5) is 4.00. The minimum atomic E-state index is -0.463. The van der Waals surface area contributed by atoms with Crippen LogP contribution in [0.1, 0.15) is 5.69 Å². The van der Waals surface area contributed by atoms with E-state index in [1.165, 1.54) is 18.3 Å². The molecule has 0 aliphatic carbocycles. The maximum Gasteiger partial charge on any atom is 0.143 e.